The summed E-state index contributed by atoms with van der Waals surface area (Å²) >= 11 is 0. The molecule has 0 spiro atoms. The Hall–Kier alpha value is -2.28. The molecule has 0 bridgehead atoms. The van der Waals surface area contributed by atoms with Gasteiger partial charge in [0.1, 0.15) is 12.7 Å². The monoisotopic (exact) mass is 289 g/mol. The highest BCUT2D eigenvalue weighted by atomic mass is 16.3. The van der Waals surface area contributed by atoms with Crippen molar-refractivity contribution >= 4 is 5.91 Å². The van der Waals surface area contributed by atoms with Crippen LogP contribution in [0.25, 0.3) is 5.82 Å². The minimum absolute atomic E-state index is 0.149. The van der Waals surface area contributed by atoms with Gasteiger partial charge in [-0.05, 0) is 30.9 Å². The Morgan fingerprint density at radius 1 is 1.48 bits per heavy atom. The van der Waals surface area contributed by atoms with Crippen LogP contribution in [0.15, 0.2) is 31.0 Å². The molecule has 7 heteroatoms. The van der Waals surface area contributed by atoms with Crippen molar-refractivity contribution in [3.8, 4) is 5.82 Å². The number of nitrogens with zero attached hydrogens (tertiary/aromatic N) is 4. The van der Waals surface area contributed by atoms with Gasteiger partial charge < -0.3 is 10.4 Å². The summed E-state index contributed by atoms with van der Waals surface area (Å²) in [5.41, 5.74) is 0.508. The highest BCUT2D eigenvalue weighted by Gasteiger charge is 2.07. The maximum atomic E-state index is 11.9. The Labute approximate surface area is 123 Å². The molecular formula is C14H19N5O2. The smallest absolute Gasteiger partial charge is 0.252 e. The molecule has 0 radical (unpaired) electrons. The summed E-state index contributed by atoms with van der Waals surface area (Å²) in [5, 5.41) is 15.7. The Kier molecular flexibility index (Phi) is 5.39. The lowest BCUT2D eigenvalue weighted by Gasteiger charge is -2.08. The summed E-state index contributed by atoms with van der Waals surface area (Å²) in [7, 11) is 0. The van der Waals surface area contributed by atoms with E-state index in [9.17, 15) is 4.79 Å². The molecule has 21 heavy (non-hydrogen) atoms. The van der Waals surface area contributed by atoms with Crippen molar-refractivity contribution in [2.75, 3.05) is 13.2 Å². The van der Waals surface area contributed by atoms with Crippen LogP contribution in [0.1, 0.15) is 30.1 Å². The number of carbonyl (C=O) groups excluding carboxylic acids is 1. The predicted octanol–water partition coefficient (Wildman–Crippen LogP) is 0.801. The molecule has 0 aliphatic rings. The van der Waals surface area contributed by atoms with Crippen LogP contribution in [0.5, 0.6) is 0 Å². The van der Waals surface area contributed by atoms with Gasteiger partial charge in [-0.2, -0.15) is 5.10 Å². The van der Waals surface area contributed by atoms with Crippen molar-refractivity contribution in [2.24, 2.45) is 5.92 Å². The first kappa shape index (κ1) is 15.1. The average Bonchev–Trinajstić information content (AvgIpc) is 3.05. The summed E-state index contributed by atoms with van der Waals surface area (Å²) < 4.78 is 1.53. The van der Waals surface area contributed by atoms with Crippen molar-refractivity contribution < 1.29 is 9.90 Å². The van der Waals surface area contributed by atoms with Crippen LogP contribution in [-0.4, -0.2) is 43.9 Å². The lowest BCUT2D eigenvalue weighted by atomic mass is 10.1. The van der Waals surface area contributed by atoms with E-state index in [2.05, 4.69) is 20.4 Å². The fourth-order valence-electron chi connectivity index (χ4n) is 1.83. The first-order chi connectivity index (χ1) is 10.2. The first-order valence-corrected chi connectivity index (χ1v) is 6.91. The van der Waals surface area contributed by atoms with Gasteiger partial charge in [-0.15, -0.1) is 0 Å². The zero-order valence-corrected chi connectivity index (χ0v) is 11.9. The van der Waals surface area contributed by atoms with Crippen LogP contribution >= 0.6 is 0 Å². The van der Waals surface area contributed by atoms with Gasteiger partial charge in [-0.25, -0.2) is 14.6 Å². The molecule has 2 N–H and O–H groups in total. The minimum Gasteiger partial charge on any atom is -0.396 e. The largest absolute Gasteiger partial charge is 0.396 e. The fraction of sp³-hybridized carbons (Fsp3) is 0.429. The molecule has 2 heterocycles. The molecule has 2 aromatic heterocycles. The SMILES string of the molecule is CC(CO)CCCNC(=O)c1ccc(-n2cncn2)nc1. The van der Waals surface area contributed by atoms with E-state index in [0.29, 0.717) is 17.9 Å². The summed E-state index contributed by atoms with van der Waals surface area (Å²) in [6.07, 6.45) is 6.22. The van der Waals surface area contributed by atoms with E-state index < -0.39 is 0 Å². The van der Waals surface area contributed by atoms with Crippen molar-refractivity contribution in [1.82, 2.24) is 25.1 Å². The summed E-state index contributed by atoms with van der Waals surface area (Å²) in [6.45, 7) is 2.75. The second-order valence-corrected chi connectivity index (χ2v) is 4.93. The van der Waals surface area contributed by atoms with Gasteiger partial charge in [0.25, 0.3) is 5.91 Å². The van der Waals surface area contributed by atoms with Gasteiger partial charge in [0.05, 0.1) is 5.56 Å². The van der Waals surface area contributed by atoms with Gasteiger partial charge in [0.2, 0.25) is 0 Å². The molecule has 1 amide bonds. The third kappa shape index (κ3) is 4.35. The Balaban J connectivity index is 1.83. The number of aliphatic hydroxyl groups is 1. The molecule has 0 aromatic carbocycles. The molecule has 7 nitrogen and oxygen atoms in total. The molecule has 112 valence electrons. The van der Waals surface area contributed by atoms with Gasteiger partial charge >= 0.3 is 0 Å². The van der Waals surface area contributed by atoms with Crippen molar-refractivity contribution in [3.63, 3.8) is 0 Å². The molecule has 0 fully saturated rings. The van der Waals surface area contributed by atoms with Crippen LogP contribution < -0.4 is 5.32 Å². The standard InChI is InChI=1S/C14H19N5O2/c1-11(8-20)3-2-6-16-14(21)12-4-5-13(17-7-12)19-10-15-9-18-19/h4-5,7,9-11,20H,2-3,6,8H2,1H3,(H,16,21). The first-order valence-electron chi connectivity index (χ1n) is 6.91. The quantitative estimate of drug-likeness (QED) is 0.735. The number of pyridine rings is 1. The topological polar surface area (TPSA) is 92.9 Å². The highest BCUT2D eigenvalue weighted by molar-refractivity contribution is 5.93. The summed E-state index contributed by atoms with van der Waals surface area (Å²) in [5.74, 6) is 0.732. The molecule has 1 atom stereocenters. The van der Waals surface area contributed by atoms with E-state index in [0.717, 1.165) is 12.8 Å². The van der Waals surface area contributed by atoms with E-state index in [1.807, 2.05) is 6.92 Å². The molecule has 1 unspecified atom stereocenters. The molecule has 0 saturated heterocycles. The van der Waals surface area contributed by atoms with Gasteiger partial charge in [-0.3, -0.25) is 4.79 Å². The Bertz CT molecular complexity index is 553. The highest BCUT2D eigenvalue weighted by Crippen LogP contribution is 2.05. The van der Waals surface area contributed by atoms with Crippen LogP contribution in [-0.2, 0) is 0 Å². The number of carbonyl (C=O) groups is 1. The van der Waals surface area contributed by atoms with Gasteiger partial charge in [-0.1, -0.05) is 6.92 Å². The lowest BCUT2D eigenvalue weighted by molar-refractivity contribution is 0.0951. The Morgan fingerprint density at radius 3 is 2.95 bits per heavy atom. The van der Waals surface area contributed by atoms with Crippen LogP contribution in [0.2, 0.25) is 0 Å². The fourth-order valence-corrected chi connectivity index (χ4v) is 1.83. The van der Waals surface area contributed by atoms with Crippen LogP contribution in [0.3, 0.4) is 0 Å². The summed E-state index contributed by atoms with van der Waals surface area (Å²) in [6, 6.07) is 3.42. The number of rotatable bonds is 7. The van der Waals surface area contributed by atoms with E-state index in [1.54, 1.807) is 18.5 Å². The maximum absolute atomic E-state index is 11.9. The molecule has 0 aliphatic heterocycles. The van der Waals surface area contributed by atoms with E-state index in [-0.39, 0.29) is 18.4 Å². The Morgan fingerprint density at radius 2 is 2.33 bits per heavy atom. The van der Waals surface area contributed by atoms with E-state index in [4.69, 9.17) is 5.11 Å². The third-order valence-corrected chi connectivity index (χ3v) is 3.13. The average molecular weight is 289 g/mol. The maximum Gasteiger partial charge on any atom is 0.252 e. The van der Waals surface area contributed by atoms with E-state index >= 15 is 0 Å². The zero-order valence-electron chi connectivity index (χ0n) is 11.9. The van der Waals surface area contributed by atoms with Crippen molar-refractivity contribution in [1.29, 1.82) is 0 Å². The molecule has 2 rings (SSSR count). The number of aromatic nitrogens is 4. The van der Waals surface area contributed by atoms with Crippen molar-refractivity contribution in [3.05, 3.63) is 36.5 Å². The summed E-state index contributed by atoms with van der Waals surface area (Å²) in [4.78, 5) is 19.9. The van der Waals surface area contributed by atoms with Gasteiger partial charge in [0, 0.05) is 19.3 Å². The second-order valence-electron chi connectivity index (χ2n) is 4.93. The number of amides is 1. The van der Waals surface area contributed by atoms with Gasteiger partial charge in [0.15, 0.2) is 5.82 Å². The minimum atomic E-state index is -0.149. The second kappa shape index (κ2) is 7.49. The van der Waals surface area contributed by atoms with Crippen molar-refractivity contribution in [2.45, 2.75) is 19.8 Å². The van der Waals surface area contributed by atoms with Crippen LogP contribution in [0.4, 0.5) is 0 Å². The number of hydrogen-bond donors (Lipinski definition) is 2. The molecule has 0 aliphatic carbocycles. The van der Waals surface area contributed by atoms with E-state index in [1.165, 1.54) is 17.2 Å². The predicted molar refractivity (Wildman–Crippen MR) is 77.0 cm³/mol. The third-order valence-electron chi connectivity index (χ3n) is 3.13. The zero-order chi connectivity index (χ0) is 15.1. The molecule has 0 saturated carbocycles. The molecular weight excluding hydrogens is 270 g/mol. The lowest BCUT2D eigenvalue weighted by Crippen LogP contribution is -2.25. The number of nitrogens with one attached hydrogen (secondary N) is 1. The number of hydrogen-bond acceptors (Lipinski definition) is 5. The number of aliphatic hydroxyl groups excluding tert-OH is 1. The molecule has 2 aromatic rings. The van der Waals surface area contributed by atoms with Crippen LogP contribution in [0, 0.1) is 5.92 Å². The normalized spacial score (nSPS) is 12.1.